The van der Waals surface area contributed by atoms with Gasteiger partial charge in [-0.05, 0) is 38.5 Å². The molecule has 0 fully saturated rings. The number of guanidine groups is 1. The average Bonchev–Trinajstić information content (AvgIpc) is 3.04. The van der Waals surface area contributed by atoms with Gasteiger partial charge in [0.2, 0.25) is 0 Å². The highest BCUT2D eigenvalue weighted by Crippen LogP contribution is 2.30. The van der Waals surface area contributed by atoms with Gasteiger partial charge < -0.3 is 20.5 Å². The highest BCUT2D eigenvalue weighted by Gasteiger charge is 2.36. The third kappa shape index (κ3) is 6.94. The fraction of sp³-hybridized carbons (Fsp3) is 0.500. The monoisotopic (exact) mass is 427 g/mol. The van der Waals surface area contributed by atoms with Crippen LogP contribution in [0, 0.1) is 0 Å². The van der Waals surface area contributed by atoms with Crippen LogP contribution in [0.5, 0.6) is 5.75 Å². The fourth-order valence-corrected chi connectivity index (χ4v) is 2.78. The van der Waals surface area contributed by atoms with Crippen molar-refractivity contribution in [2.24, 2.45) is 12.0 Å². The summed E-state index contributed by atoms with van der Waals surface area (Å²) in [5.74, 6) is 0.946. The Morgan fingerprint density at radius 3 is 2.67 bits per heavy atom. The largest absolute Gasteiger partial charge is 0.491 e. The van der Waals surface area contributed by atoms with E-state index in [0.717, 1.165) is 4.68 Å². The van der Waals surface area contributed by atoms with Crippen molar-refractivity contribution in [1.82, 2.24) is 20.4 Å². The topological polar surface area (TPSA) is 83.7 Å². The number of hydrogen-bond acceptors (Lipinski definition) is 4. The van der Waals surface area contributed by atoms with Gasteiger partial charge in [0.25, 0.3) is 0 Å². The summed E-state index contributed by atoms with van der Waals surface area (Å²) in [5.41, 5.74) is -0.323. The van der Waals surface area contributed by atoms with Crippen molar-refractivity contribution in [3.8, 4) is 5.75 Å². The molecular formula is C20H28F3N5O2. The Kier molecular flexibility index (Phi) is 8.10. The van der Waals surface area contributed by atoms with Gasteiger partial charge in [0.1, 0.15) is 5.75 Å². The summed E-state index contributed by atoms with van der Waals surface area (Å²) in [5, 5.41) is 19.9. The number of aryl methyl sites for hydroxylation is 1. The molecule has 3 N–H and O–H groups in total. The molecule has 0 aliphatic carbocycles. The van der Waals surface area contributed by atoms with Crippen molar-refractivity contribution in [1.29, 1.82) is 0 Å². The molecule has 0 bridgehead atoms. The summed E-state index contributed by atoms with van der Waals surface area (Å²) in [6.07, 6.45) is -4.09. The lowest BCUT2D eigenvalue weighted by Crippen LogP contribution is -2.39. The Morgan fingerprint density at radius 1 is 1.30 bits per heavy atom. The number of aliphatic hydroxyl groups excluding tert-OH is 1. The van der Waals surface area contributed by atoms with Crippen LogP contribution in [0.2, 0.25) is 0 Å². The first-order valence-corrected chi connectivity index (χ1v) is 9.66. The first kappa shape index (κ1) is 23.5. The zero-order valence-corrected chi connectivity index (χ0v) is 17.5. The number of aliphatic imine (C=N–C) groups is 1. The summed E-state index contributed by atoms with van der Waals surface area (Å²) >= 11 is 0. The van der Waals surface area contributed by atoms with Gasteiger partial charge in [0, 0.05) is 31.9 Å². The van der Waals surface area contributed by atoms with Crippen molar-refractivity contribution in [3.63, 3.8) is 0 Å². The molecule has 0 saturated heterocycles. The third-order valence-electron chi connectivity index (χ3n) is 4.00. The van der Waals surface area contributed by atoms with E-state index in [1.807, 2.05) is 20.8 Å². The number of rotatable bonds is 8. The average molecular weight is 427 g/mol. The molecule has 0 aliphatic rings. The lowest BCUT2D eigenvalue weighted by atomic mass is 10.1. The Hall–Kier alpha value is -2.75. The molecule has 1 unspecified atom stereocenters. The molecule has 0 radical (unpaired) electrons. The van der Waals surface area contributed by atoms with E-state index < -0.39 is 18.0 Å². The molecule has 1 heterocycles. The maximum absolute atomic E-state index is 13.1. The lowest BCUT2D eigenvalue weighted by molar-refractivity contribution is -0.142. The predicted octanol–water partition coefficient (Wildman–Crippen LogP) is 3.01. The Bertz CT molecular complexity index is 849. The molecule has 0 spiro atoms. The number of nitrogens with zero attached hydrogens (tertiary/aromatic N) is 3. The van der Waals surface area contributed by atoms with Crippen molar-refractivity contribution in [2.75, 3.05) is 13.1 Å². The molecule has 1 atom stereocenters. The number of halogens is 3. The summed E-state index contributed by atoms with van der Waals surface area (Å²) in [4.78, 5) is 4.20. The van der Waals surface area contributed by atoms with Crippen molar-refractivity contribution < 1.29 is 23.0 Å². The maximum atomic E-state index is 13.1. The zero-order valence-electron chi connectivity index (χ0n) is 17.5. The smallest absolute Gasteiger partial charge is 0.435 e. The van der Waals surface area contributed by atoms with E-state index in [4.69, 9.17) is 4.74 Å². The minimum absolute atomic E-state index is 0.0112. The Labute approximate surface area is 174 Å². The van der Waals surface area contributed by atoms with Gasteiger partial charge in [0.05, 0.1) is 18.8 Å². The van der Waals surface area contributed by atoms with Crippen LogP contribution < -0.4 is 15.4 Å². The van der Waals surface area contributed by atoms with Crippen molar-refractivity contribution in [2.45, 2.75) is 45.7 Å². The first-order valence-electron chi connectivity index (χ1n) is 9.66. The molecule has 0 amide bonds. The summed E-state index contributed by atoms with van der Waals surface area (Å²) in [6.45, 7) is 6.10. The van der Waals surface area contributed by atoms with Gasteiger partial charge >= 0.3 is 6.18 Å². The SMILES string of the molecule is CCNC(=NCc1cn(C)nc1C(F)(F)F)NCC(O)c1cccc(OC(C)C)c1. The van der Waals surface area contributed by atoms with Gasteiger partial charge in [-0.25, -0.2) is 4.99 Å². The quantitative estimate of drug-likeness (QED) is 0.446. The van der Waals surface area contributed by atoms with E-state index in [-0.39, 0.29) is 24.8 Å². The number of aromatic nitrogens is 2. The second kappa shape index (κ2) is 10.3. The maximum Gasteiger partial charge on any atom is 0.435 e. The van der Waals surface area contributed by atoms with Crippen molar-refractivity contribution >= 4 is 5.96 Å². The minimum Gasteiger partial charge on any atom is -0.491 e. The summed E-state index contributed by atoms with van der Waals surface area (Å²) in [6, 6.07) is 7.12. The van der Waals surface area contributed by atoms with E-state index in [2.05, 4.69) is 20.7 Å². The Balaban J connectivity index is 2.06. The van der Waals surface area contributed by atoms with E-state index in [0.29, 0.717) is 23.8 Å². The number of alkyl halides is 3. The molecular weight excluding hydrogens is 399 g/mol. The van der Waals surface area contributed by atoms with Crippen LogP contribution in [0.3, 0.4) is 0 Å². The second-order valence-electron chi connectivity index (χ2n) is 7.01. The zero-order chi connectivity index (χ0) is 22.3. The standard InChI is InChI=1S/C20H28F3N5O2/c1-5-24-19(25-10-15-12-28(4)27-18(15)20(21,22)23)26-11-17(29)14-7-6-8-16(9-14)30-13(2)3/h6-9,12-13,17,29H,5,10-11H2,1-4H3,(H2,24,25,26). The minimum atomic E-state index is -4.54. The van der Waals surface area contributed by atoms with Crippen LogP contribution in [0.1, 0.15) is 43.7 Å². The highest BCUT2D eigenvalue weighted by molar-refractivity contribution is 5.79. The molecule has 2 rings (SSSR count). The molecule has 1 aromatic heterocycles. The number of ether oxygens (including phenoxy) is 1. The number of benzene rings is 1. The number of nitrogens with one attached hydrogen (secondary N) is 2. The normalized spacial score (nSPS) is 13.4. The molecule has 2 aromatic rings. The third-order valence-corrected chi connectivity index (χ3v) is 4.00. The van der Waals surface area contributed by atoms with Crippen LogP contribution >= 0.6 is 0 Å². The second-order valence-corrected chi connectivity index (χ2v) is 7.01. The van der Waals surface area contributed by atoms with Crippen LogP contribution in [-0.2, 0) is 19.8 Å². The number of hydrogen-bond donors (Lipinski definition) is 3. The molecule has 10 heteroatoms. The fourth-order valence-electron chi connectivity index (χ4n) is 2.78. The summed E-state index contributed by atoms with van der Waals surface area (Å²) in [7, 11) is 1.43. The summed E-state index contributed by atoms with van der Waals surface area (Å²) < 4.78 is 46.0. The van der Waals surface area contributed by atoms with E-state index in [1.165, 1.54) is 13.2 Å². The molecule has 30 heavy (non-hydrogen) atoms. The first-order chi connectivity index (χ1) is 14.1. The van der Waals surface area contributed by atoms with Crippen LogP contribution in [0.4, 0.5) is 13.2 Å². The van der Waals surface area contributed by atoms with Gasteiger partial charge in [0.15, 0.2) is 11.7 Å². The van der Waals surface area contributed by atoms with E-state index >= 15 is 0 Å². The van der Waals surface area contributed by atoms with E-state index in [9.17, 15) is 18.3 Å². The van der Waals surface area contributed by atoms with Gasteiger partial charge in [-0.3, -0.25) is 4.68 Å². The number of aliphatic hydroxyl groups is 1. The van der Waals surface area contributed by atoms with Crippen LogP contribution in [-0.4, -0.2) is 40.0 Å². The van der Waals surface area contributed by atoms with Crippen LogP contribution in [0.25, 0.3) is 0 Å². The molecule has 0 aliphatic heterocycles. The molecule has 166 valence electrons. The van der Waals surface area contributed by atoms with Crippen molar-refractivity contribution in [3.05, 3.63) is 47.3 Å². The van der Waals surface area contributed by atoms with Gasteiger partial charge in [-0.2, -0.15) is 18.3 Å². The van der Waals surface area contributed by atoms with Gasteiger partial charge in [-0.15, -0.1) is 0 Å². The molecule has 0 saturated carbocycles. The highest BCUT2D eigenvalue weighted by atomic mass is 19.4. The Morgan fingerprint density at radius 2 is 2.03 bits per heavy atom. The molecule has 7 nitrogen and oxygen atoms in total. The van der Waals surface area contributed by atoms with Crippen LogP contribution in [0.15, 0.2) is 35.5 Å². The molecule has 1 aromatic carbocycles. The lowest BCUT2D eigenvalue weighted by Gasteiger charge is -2.17. The predicted molar refractivity (Wildman–Crippen MR) is 108 cm³/mol. The van der Waals surface area contributed by atoms with Gasteiger partial charge in [-0.1, -0.05) is 12.1 Å². The van der Waals surface area contributed by atoms with E-state index in [1.54, 1.807) is 24.3 Å².